The molecule has 5 nitrogen and oxygen atoms in total. The lowest BCUT2D eigenvalue weighted by Crippen LogP contribution is -2.57. The van der Waals surface area contributed by atoms with Gasteiger partial charge in [0.1, 0.15) is 6.10 Å². The lowest BCUT2D eigenvalue weighted by Gasteiger charge is -2.60. The average Bonchev–Trinajstić information content (AvgIpc) is 3.11. The Morgan fingerprint density at radius 1 is 1.16 bits per heavy atom. The van der Waals surface area contributed by atoms with Crippen LogP contribution >= 0.6 is 0 Å². The third-order valence-electron chi connectivity index (χ3n) is 10.1. The van der Waals surface area contributed by atoms with Gasteiger partial charge in [-0.25, -0.2) is 0 Å². The van der Waals surface area contributed by atoms with E-state index in [9.17, 15) is 14.4 Å². The number of hydrogen-bond acceptors (Lipinski definition) is 5. The number of carbonyl (C=O) groups excluding carboxylic acids is 3. The van der Waals surface area contributed by atoms with Gasteiger partial charge in [-0.1, -0.05) is 26.3 Å². The highest BCUT2D eigenvalue weighted by atomic mass is 16.5. The van der Waals surface area contributed by atoms with E-state index in [2.05, 4.69) is 20.8 Å². The van der Waals surface area contributed by atoms with Crippen LogP contribution in [0.3, 0.4) is 0 Å². The summed E-state index contributed by atoms with van der Waals surface area (Å²) in [7, 11) is 1.45. The van der Waals surface area contributed by atoms with E-state index in [1.807, 2.05) is 6.08 Å². The van der Waals surface area contributed by atoms with Crippen LogP contribution < -0.4 is 0 Å². The van der Waals surface area contributed by atoms with Gasteiger partial charge in [-0.3, -0.25) is 14.4 Å². The van der Waals surface area contributed by atoms with Crippen molar-refractivity contribution in [3.05, 3.63) is 11.6 Å². The number of fused-ring (bicyclic) bond motifs is 5. The Hall–Kier alpha value is -1.65. The first kappa shape index (κ1) is 23.5. The first-order chi connectivity index (χ1) is 15.1. The highest BCUT2D eigenvalue weighted by molar-refractivity contribution is 5.91. The molecule has 32 heavy (non-hydrogen) atoms. The molecule has 0 bridgehead atoms. The molecular weight excluding hydrogens is 404 g/mol. The Morgan fingerprint density at radius 2 is 1.91 bits per heavy atom. The predicted molar refractivity (Wildman–Crippen MR) is 122 cm³/mol. The molecule has 0 heterocycles. The minimum atomic E-state index is -0.197. The van der Waals surface area contributed by atoms with Crippen LogP contribution in [0.15, 0.2) is 11.6 Å². The minimum Gasteiger partial charge on any atom is -0.469 e. The molecule has 0 radical (unpaired) electrons. The molecule has 0 spiro atoms. The molecule has 0 unspecified atom stereocenters. The van der Waals surface area contributed by atoms with Crippen molar-refractivity contribution < 1.29 is 23.9 Å². The van der Waals surface area contributed by atoms with Gasteiger partial charge in [-0.15, -0.1) is 0 Å². The molecule has 0 N–H and O–H groups in total. The van der Waals surface area contributed by atoms with E-state index in [0.29, 0.717) is 42.4 Å². The second kappa shape index (κ2) is 8.61. The molecule has 4 aliphatic rings. The van der Waals surface area contributed by atoms with Crippen molar-refractivity contribution in [3.63, 3.8) is 0 Å². The van der Waals surface area contributed by atoms with E-state index in [1.54, 1.807) is 0 Å². The number of allylic oxidation sites excluding steroid dienone is 1. The molecule has 0 aromatic carbocycles. The number of ketones is 1. The van der Waals surface area contributed by atoms with Crippen LogP contribution in [0.25, 0.3) is 0 Å². The zero-order chi connectivity index (χ0) is 23.3. The van der Waals surface area contributed by atoms with Crippen molar-refractivity contribution in [1.82, 2.24) is 0 Å². The fraction of sp³-hybridized carbons (Fsp3) is 0.815. The monoisotopic (exact) mass is 444 g/mol. The van der Waals surface area contributed by atoms with Crippen molar-refractivity contribution in [2.45, 2.75) is 91.6 Å². The van der Waals surface area contributed by atoms with Crippen molar-refractivity contribution in [2.24, 2.45) is 40.4 Å². The van der Waals surface area contributed by atoms with E-state index in [-0.39, 0.29) is 34.7 Å². The van der Waals surface area contributed by atoms with Crippen LogP contribution in [-0.2, 0) is 23.9 Å². The summed E-state index contributed by atoms with van der Waals surface area (Å²) in [5, 5.41) is 0. The summed E-state index contributed by atoms with van der Waals surface area (Å²) in [6.07, 6.45) is 9.98. The summed E-state index contributed by atoms with van der Waals surface area (Å²) >= 11 is 0. The molecule has 8 atom stereocenters. The van der Waals surface area contributed by atoms with E-state index in [0.717, 1.165) is 44.9 Å². The summed E-state index contributed by atoms with van der Waals surface area (Å²) in [5.74, 6) is 2.32. The Kier molecular flexibility index (Phi) is 6.32. The van der Waals surface area contributed by atoms with Crippen LogP contribution in [0.1, 0.15) is 85.5 Å². The molecule has 5 heteroatoms. The van der Waals surface area contributed by atoms with Crippen molar-refractivity contribution in [3.8, 4) is 0 Å². The Morgan fingerprint density at radius 3 is 2.59 bits per heavy atom. The third-order valence-corrected chi connectivity index (χ3v) is 10.1. The van der Waals surface area contributed by atoms with Gasteiger partial charge in [-0.05, 0) is 86.0 Å². The molecule has 4 aliphatic carbocycles. The van der Waals surface area contributed by atoms with Crippen LogP contribution in [-0.4, -0.2) is 30.9 Å². The fourth-order valence-corrected chi connectivity index (χ4v) is 8.48. The number of ether oxygens (including phenoxy) is 2. The lowest BCUT2D eigenvalue weighted by atomic mass is 9.45. The van der Waals surface area contributed by atoms with Gasteiger partial charge in [0.2, 0.25) is 0 Å². The topological polar surface area (TPSA) is 69.7 Å². The molecule has 0 aromatic rings. The average molecular weight is 445 g/mol. The van der Waals surface area contributed by atoms with Gasteiger partial charge in [-0.2, -0.15) is 0 Å². The first-order valence-electron chi connectivity index (χ1n) is 12.6. The second-order valence-corrected chi connectivity index (χ2v) is 11.4. The van der Waals surface area contributed by atoms with E-state index in [1.165, 1.54) is 19.6 Å². The molecule has 3 fully saturated rings. The Bertz CT molecular complexity index is 815. The Labute approximate surface area is 192 Å². The van der Waals surface area contributed by atoms with Crippen LogP contribution in [0.4, 0.5) is 0 Å². The molecule has 4 rings (SSSR count). The van der Waals surface area contributed by atoms with Crippen molar-refractivity contribution in [1.29, 1.82) is 0 Å². The van der Waals surface area contributed by atoms with E-state index >= 15 is 0 Å². The standard InChI is InChI=1S/C27H40O5/c1-16(6-11-25(30)31-5)21-9-10-22-20-8-7-18-14-19(29)12-13-26(18,3)23(20)15-24(27(21,22)4)32-17(2)28/h14,16,20-24H,6-13,15H2,1-5H3/t16-,20-,21+,22-,23-,24-,26+,27-/m1/s1. The van der Waals surface area contributed by atoms with E-state index in [4.69, 9.17) is 9.47 Å². The second-order valence-electron chi connectivity index (χ2n) is 11.4. The smallest absolute Gasteiger partial charge is 0.305 e. The van der Waals surface area contributed by atoms with Gasteiger partial charge >= 0.3 is 11.9 Å². The molecule has 178 valence electrons. The van der Waals surface area contributed by atoms with Crippen LogP contribution in [0.2, 0.25) is 0 Å². The largest absolute Gasteiger partial charge is 0.469 e. The molecule has 0 aromatic heterocycles. The molecule has 3 saturated carbocycles. The number of esters is 2. The summed E-state index contributed by atoms with van der Waals surface area (Å²) < 4.78 is 11.0. The zero-order valence-corrected chi connectivity index (χ0v) is 20.4. The Balaban J connectivity index is 1.65. The summed E-state index contributed by atoms with van der Waals surface area (Å²) in [6.45, 7) is 8.52. The molecule has 0 saturated heterocycles. The van der Waals surface area contributed by atoms with Crippen molar-refractivity contribution >= 4 is 17.7 Å². The van der Waals surface area contributed by atoms with Gasteiger partial charge in [0.05, 0.1) is 7.11 Å². The molecule has 0 amide bonds. The third kappa shape index (κ3) is 3.74. The maximum atomic E-state index is 12.2. The number of methoxy groups -OCH3 is 1. The lowest BCUT2D eigenvalue weighted by molar-refractivity contribution is -0.181. The SMILES string of the molecule is COC(=O)CC[C@@H](C)[C@@H]1CC[C@@H]2[C@H]3CCC4=CC(=O)CC[C@]4(C)[C@@H]3C[C@@H](OC(C)=O)[C@@]21C. The highest BCUT2D eigenvalue weighted by Gasteiger charge is 2.64. The summed E-state index contributed by atoms with van der Waals surface area (Å²) in [6, 6.07) is 0. The summed E-state index contributed by atoms with van der Waals surface area (Å²) in [5.41, 5.74) is 1.32. The minimum absolute atomic E-state index is 0.0468. The van der Waals surface area contributed by atoms with Gasteiger partial charge in [0, 0.05) is 25.2 Å². The molecule has 0 aliphatic heterocycles. The van der Waals surface area contributed by atoms with Gasteiger partial charge in [0.15, 0.2) is 5.78 Å². The highest BCUT2D eigenvalue weighted by Crippen LogP contribution is 2.68. The quantitative estimate of drug-likeness (QED) is 0.541. The number of rotatable bonds is 5. The van der Waals surface area contributed by atoms with Crippen molar-refractivity contribution in [2.75, 3.05) is 7.11 Å². The molecular formula is C27H40O5. The first-order valence-corrected chi connectivity index (χ1v) is 12.6. The summed E-state index contributed by atoms with van der Waals surface area (Å²) in [4.78, 5) is 36.1. The number of hydrogen-bond donors (Lipinski definition) is 0. The zero-order valence-electron chi connectivity index (χ0n) is 20.4. The van der Waals surface area contributed by atoms with Gasteiger partial charge < -0.3 is 9.47 Å². The van der Waals surface area contributed by atoms with Gasteiger partial charge in [0.25, 0.3) is 0 Å². The normalized spacial score (nSPS) is 41.6. The number of carbonyl (C=O) groups is 3. The van der Waals surface area contributed by atoms with E-state index < -0.39 is 0 Å². The van der Waals surface area contributed by atoms with Crippen LogP contribution in [0.5, 0.6) is 0 Å². The van der Waals surface area contributed by atoms with Crippen LogP contribution in [0, 0.1) is 40.4 Å². The predicted octanol–water partition coefficient (Wildman–Crippen LogP) is 5.27. The maximum absolute atomic E-state index is 12.2. The maximum Gasteiger partial charge on any atom is 0.305 e. The fourth-order valence-electron chi connectivity index (χ4n) is 8.48.